The largest absolute Gasteiger partial charge is 0.380 e. The van der Waals surface area contributed by atoms with Crippen LogP contribution in [0.1, 0.15) is 209 Å². The smallest absolute Gasteiger partial charge is 0.293 e. The van der Waals surface area contributed by atoms with Crippen molar-refractivity contribution in [3.8, 4) is 5.69 Å². The number of aromatic nitrogens is 5. The minimum absolute atomic E-state index is 0.00427. The zero-order valence-corrected chi connectivity index (χ0v) is 50.4. The SMILES string of the molecule is CCC(C)CC(C)(C)OC(C)(C)CC.CCCC(=N)c1c(Cl)ccc(-n2c(C(Cc3cc(F)cc(F)c3)NC(=O)Cn3nc(C(F)F)c4c3C(F)(F)C3CC43)nc3nc(C4CCC(F)(F)CC4)cc(C)c3c2=O)c1NC(C)CC.C[B]C. The normalized spacial score (nSPS) is 18.3. The van der Waals surface area contributed by atoms with Gasteiger partial charge in [-0.15, -0.1) is 0 Å². The van der Waals surface area contributed by atoms with Gasteiger partial charge >= 0.3 is 0 Å². The zero-order chi connectivity index (χ0) is 61.0. The molecule has 82 heavy (non-hydrogen) atoms. The average molecular weight is 1170 g/mol. The van der Waals surface area contributed by atoms with Gasteiger partial charge in [0.15, 0.2) is 5.65 Å². The van der Waals surface area contributed by atoms with E-state index < -0.39 is 89.5 Å². The van der Waals surface area contributed by atoms with E-state index in [9.17, 15) is 31.1 Å². The van der Waals surface area contributed by atoms with Crippen molar-refractivity contribution in [3.05, 3.63) is 109 Å². The quantitative estimate of drug-likeness (QED) is 0.0378. The highest BCUT2D eigenvalue weighted by Gasteiger charge is 2.67. The second-order valence-electron chi connectivity index (χ2n) is 23.9. The summed E-state index contributed by atoms with van der Waals surface area (Å²) < 4.78 is 126. The fourth-order valence-electron chi connectivity index (χ4n) is 11.3. The van der Waals surface area contributed by atoms with Gasteiger partial charge in [0.05, 0.1) is 39.0 Å². The molecule has 0 bridgehead atoms. The molecule has 3 aliphatic rings. The summed E-state index contributed by atoms with van der Waals surface area (Å²) in [6.45, 7) is 25.8. The van der Waals surface area contributed by atoms with Crippen molar-refractivity contribution in [2.24, 2.45) is 11.8 Å². The number of nitrogens with zero attached hydrogens (tertiary/aromatic N) is 5. The molecule has 5 aromatic rings. The minimum Gasteiger partial charge on any atom is -0.380 e. The topological polar surface area (TPSA) is 140 Å². The summed E-state index contributed by atoms with van der Waals surface area (Å²) >= 11 is 6.82. The first-order valence-electron chi connectivity index (χ1n) is 28.8. The highest BCUT2D eigenvalue weighted by Crippen LogP contribution is 2.68. The lowest BCUT2D eigenvalue weighted by Crippen LogP contribution is -2.38. The Morgan fingerprint density at radius 2 is 1.59 bits per heavy atom. The predicted octanol–water partition coefficient (Wildman–Crippen LogP) is 16.3. The van der Waals surface area contributed by atoms with Crippen LogP contribution in [0.15, 0.2) is 41.2 Å². The molecule has 21 heteroatoms. The van der Waals surface area contributed by atoms with E-state index in [1.54, 1.807) is 13.0 Å². The maximum Gasteiger partial charge on any atom is 0.293 e. The van der Waals surface area contributed by atoms with Crippen LogP contribution in [0.25, 0.3) is 16.7 Å². The van der Waals surface area contributed by atoms with E-state index in [1.165, 1.54) is 23.1 Å². The number of ether oxygens (including phenoxy) is 1. The predicted molar refractivity (Wildman–Crippen MR) is 310 cm³/mol. The Morgan fingerprint density at radius 3 is 2.16 bits per heavy atom. The Balaban J connectivity index is 0.000000553. The zero-order valence-electron chi connectivity index (χ0n) is 49.6. The molecule has 8 rings (SSSR count). The lowest BCUT2D eigenvalue weighted by atomic mass is 9.84. The minimum atomic E-state index is -3.55. The molecule has 2 saturated carbocycles. The Kier molecular flexibility index (Phi) is 21.4. The van der Waals surface area contributed by atoms with E-state index in [0.717, 1.165) is 30.9 Å². The van der Waals surface area contributed by atoms with Crippen LogP contribution >= 0.6 is 11.6 Å². The van der Waals surface area contributed by atoms with Crippen LogP contribution in [-0.4, -0.2) is 66.4 Å². The first-order valence-corrected chi connectivity index (χ1v) is 29.2. The number of pyridine rings is 1. The first kappa shape index (κ1) is 65.8. The van der Waals surface area contributed by atoms with Gasteiger partial charge in [0, 0.05) is 65.7 Å². The van der Waals surface area contributed by atoms with Gasteiger partial charge in [-0.1, -0.05) is 72.7 Å². The Labute approximate surface area is 483 Å². The van der Waals surface area contributed by atoms with Crippen molar-refractivity contribution < 1.29 is 44.7 Å². The van der Waals surface area contributed by atoms with Gasteiger partial charge < -0.3 is 20.8 Å². The molecule has 3 aliphatic carbocycles. The van der Waals surface area contributed by atoms with Crippen LogP contribution < -0.4 is 16.2 Å². The summed E-state index contributed by atoms with van der Waals surface area (Å²) in [6.07, 6.45) is 0.673. The van der Waals surface area contributed by atoms with Gasteiger partial charge in [0.2, 0.25) is 11.8 Å². The van der Waals surface area contributed by atoms with Gasteiger partial charge in [-0.05, 0) is 140 Å². The van der Waals surface area contributed by atoms with Crippen LogP contribution in [0.3, 0.4) is 0 Å². The molecule has 5 unspecified atom stereocenters. The molecule has 3 N–H and O–H groups in total. The summed E-state index contributed by atoms with van der Waals surface area (Å²) in [7, 11) is 2.00. The summed E-state index contributed by atoms with van der Waals surface area (Å²) in [4.78, 5) is 39.3. The summed E-state index contributed by atoms with van der Waals surface area (Å²) in [5.41, 5.74) is -1.19. The van der Waals surface area contributed by atoms with Gasteiger partial charge in [-0.3, -0.25) is 18.8 Å². The third kappa shape index (κ3) is 15.3. The molecule has 11 nitrogen and oxygen atoms in total. The van der Waals surface area contributed by atoms with Crippen LogP contribution in [0.4, 0.5) is 40.8 Å². The fraction of sp³-hybridized carbons (Fsp3) is 0.607. The number of aryl methyl sites for hydroxylation is 1. The highest BCUT2D eigenvalue weighted by atomic mass is 35.5. The Bertz CT molecular complexity index is 3120. The Morgan fingerprint density at radius 1 is 0.951 bits per heavy atom. The first-order chi connectivity index (χ1) is 38.4. The lowest BCUT2D eigenvalue weighted by molar-refractivity contribution is -0.132. The number of rotatable bonds is 21. The number of amides is 1. The number of benzene rings is 2. The number of anilines is 1. The third-order valence-electron chi connectivity index (χ3n) is 15.8. The van der Waals surface area contributed by atoms with Gasteiger partial charge in [-0.25, -0.2) is 36.3 Å². The second kappa shape index (κ2) is 26.7. The van der Waals surface area contributed by atoms with Crippen molar-refractivity contribution in [2.45, 2.75) is 227 Å². The molecule has 1 radical (unpaired) electrons. The van der Waals surface area contributed by atoms with Crippen LogP contribution in [0, 0.1) is 35.8 Å². The monoisotopic (exact) mass is 1170 g/mol. The maximum atomic E-state index is 15.6. The van der Waals surface area contributed by atoms with Gasteiger partial charge in [-0.2, -0.15) is 13.9 Å². The fourth-order valence-corrected chi connectivity index (χ4v) is 11.6. The van der Waals surface area contributed by atoms with Crippen molar-refractivity contribution in [3.63, 3.8) is 0 Å². The number of fused-ring (bicyclic) bond motifs is 4. The molecule has 0 aliphatic heterocycles. The van der Waals surface area contributed by atoms with E-state index in [-0.39, 0.29) is 105 Å². The third-order valence-corrected chi connectivity index (χ3v) is 16.1. The lowest BCUT2D eigenvalue weighted by Gasteiger charge is -2.37. The molecule has 2 aromatic carbocycles. The van der Waals surface area contributed by atoms with Crippen LogP contribution in [0.2, 0.25) is 18.7 Å². The maximum absolute atomic E-state index is 15.6. The molecule has 2 fully saturated rings. The van der Waals surface area contributed by atoms with E-state index in [4.69, 9.17) is 31.7 Å². The number of hydrogen-bond acceptors (Lipinski definition) is 8. The van der Waals surface area contributed by atoms with Crippen molar-refractivity contribution in [2.75, 3.05) is 5.32 Å². The molecule has 1 amide bonds. The van der Waals surface area contributed by atoms with E-state index in [0.29, 0.717) is 41.3 Å². The number of halogens is 9. The summed E-state index contributed by atoms with van der Waals surface area (Å²) in [6, 6.07) is 5.49. The van der Waals surface area contributed by atoms with Crippen molar-refractivity contribution in [1.82, 2.24) is 29.6 Å². The van der Waals surface area contributed by atoms with Crippen molar-refractivity contribution >= 4 is 47.2 Å². The molecule has 3 heterocycles. The van der Waals surface area contributed by atoms with Crippen LogP contribution in [-0.2, 0) is 28.4 Å². The van der Waals surface area contributed by atoms with Gasteiger partial charge in [0.1, 0.15) is 42.7 Å². The molecule has 3 aromatic heterocycles. The van der Waals surface area contributed by atoms with E-state index >= 15 is 13.6 Å². The standard InChI is InChI=1S/C46H47ClF8N8O2.C13H28O.C2H6B/c1-5-7-30(56)37-29(47)8-9-33(38(37)57-22(4)6-2)63-43(60-42-35(44(63)65)21(3)14-31(59-42)24-10-12-45(52,53)13-11-24)32(17-23-15-25(48)18-26(49)16-23)58-34(64)20-62-40-36(39(61-62)41(50)51)27-19-28(27)46(40,54)55;1-8-11(3)10-13(6,7)14-12(4,5)9-2;1-3-2/h8-9,14-16,18,22,24,27-28,32,41,56-57H,5-7,10-13,17,19-20H2,1-4H3,(H,58,64);11H,8-10H2,1-7H3;1-2H3. The average Bonchev–Trinajstić information content (AvgIpc) is 2.09. The van der Waals surface area contributed by atoms with Gasteiger partial charge in [0.25, 0.3) is 17.9 Å². The molecule has 449 valence electrons. The highest BCUT2D eigenvalue weighted by molar-refractivity contribution is 6.35. The summed E-state index contributed by atoms with van der Waals surface area (Å²) in [5.74, 6) is -11.4. The summed E-state index contributed by atoms with van der Waals surface area (Å²) in [5, 5.41) is 19.1. The van der Waals surface area contributed by atoms with Crippen molar-refractivity contribution in [1.29, 1.82) is 5.41 Å². The molecule has 5 atom stereocenters. The number of nitrogens with one attached hydrogen (secondary N) is 3. The molecule has 0 saturated heterocycles. The van der Waals surface area contributed by atoms with E-state index in [1.807, 2.05) is 41.7 Å². The molecular formula is C61H81BClF8N8O3. The number of alkyl halides is 6. The van der Waals surface area contributed by atoms with E-state index in [2.05, 4.69) is 64.2 Å². The Hall–Kier alpha value is -5.37. The number of carbonyl (C=O) groups excluding carboxylic acids is 1. The second-order valence-corrected chi connectivity index (χ2v) is 24.3. The molecular weight excluding hydrogens is 1090 g/mol. The number of hydrogen-bond donors (Lipinski definition) is 3. The number of carbonyl (C=O) groups is 1. The van der Waals surface area contributed by atoms with Crippen LogP contribution in [0.5, 0.6) is 0 Å². The molecule has 0 spiro atoms.